The molecule has 5 heteroatoms. The molecule has 2 N–H and O–H groups in total. The van der Waals surface area contributed by atoms with Crippen molar-refractivity contribution in [3.05, 3.63) is 28.8 Å². The highest BCUT2D eigenvalue weighted by Gasteiger charge is 2.22. The normalized spacial score (nSPS) is 14.1. The molecule has 0 bridgehead atoms. The van der Waals surface area contributed by atoms with E-state index in [0.29, 0.717) is 10.6 Å². The summed E-state index contributed by atoms with van der Waals surface area (Å²) in [6.45, 7) is 0. The molecule has 4 nitrogen and oxygen atoms in total. The minimum Gasteiger partial charge on any atom is -0.495 e. The summed E-state index contributed by atoms with van der Waals surface area (Å²) in [7, 11) is 1.40. The number of hydrogen-bond acceptors (Lipinski definition) is 4. The third-order valence-corrected chi connectivity index (χ3v) is 2.25. The van der Waals surface area contributed by atoms with Crippen LogP contribution in [0.5, 0.6) is 5.75 Å². The smallest absolute Gasteiger partial charge is 0.170 e. The largest absolute Gasteiger partial charge is 0.495 e. The summed E-state index contributed by atoms with van der Waals surface area (Å²) in [5.41, 5.74) is 0.291. The maximum Gasteiger partial charge on any atom is 0.170 e. The summed E-state index contributed by atoms with van der Waals surface area (Å²) in [6.07, 6.45) is -2.83. The third kappa shape index (κ3) is 2.39. The van der Waals surface area contributed by atoms with E-state index in [-0.39, 0.29) is 5.75 Å². The minimum atomic E-state index is -1.50. The Hall–Kier alpha value is -1.28. The van der Waals surface area contributed by atoms with E-state index >= 15 is 0 Å². The second-order valence-electron chi connectivity index (χ2n) is 2.88. The number of aliphatic hydroxyl groups excluding tert-OH is 2. The highest BCUT2D eigenvalue weighted by atomic mass is 35.5. The highest BCUT2D eigenvalue weighted by Crippen LogP contribution is 2.33. The van der Waals surface area contributed by atoms with Gasteiger partial charge in [0.15, 0.2) is 6.10 Å². The lowest BCUT2D eigenvalue weighted by Gasteiger charge is -2.16. The van der Waals surface area contributed by atoms with Gasteiger partial charge in [-0.15, -0.1) is 0 Å². The number of para-hydroxylation sites is 1. The second-order valence-corrected chi connectivity index (χ2v) is 3.29. The number of rotatable bonds is 3. The first-order chi connectivity index (χ1) is 7.11. The molecule has 1 aromatic rings. The van der Waals surface area contributed by atoms with Crippen LogP contribution >= 0.6 is 11.6 Å². The molecule has 0 heterocycles. The van der Waals surface area contributed by atoms with E-state index < -0.39 is 12.2 Å². The number of ether oxygens (including phenoxy) is 1. The van der Waals surface area contributed by atoms with Crippen LogP contribution < -0.4 is 4.74 Å². The van der Waals surface area contributed by atoms with E-state index in [1.807, 2.05) is 0 Å². The first-order valence-corrected chi connectivity index (χ1v) is 4.57. The number of hydrogen-bond donors (Lipinski definition) is 2. The molecule has 0 saturated heterocycles. The molecule has 0 fully saturated rings. The molecule has 0 saturated carbocycles. The molecule has 0 aliphatic carbocycles. The summed E-state index contributed by atoms with van der Waals surface area (Å²) in [6, 6.07) is 6.28. The number of nitrogens with zero attached hydrogens (tertiary/aromatic N) is 1. The van der Waals surface area contributed by atoms with Crippen molar-refractivity contribution >= 4 is 11.6 Å². The lowest BCUT2D eigenvalue weighted by Crippen LogP contribution is -2.16. The Balaban J connectivity index is 3.14. The van der Waals surface area contributed by atoms with E-state index in [4.69, 9.17) is 21.6 Å². The number of methoxy groups -OCH3 is 1. The van der Waals surface area contributed by atoms with Crippen molar-refractivity contribution < 1.29 is 14.9 Å². The lowest BCUT2D eigenvalue weighted by atomic mass is 10.0. The van der Waals surface area contributed by atoms with Crippen molar-refractivity contribution in [1.29, 1.82) is 5.26 Å². The molecular formula is C10H10ClNO3. The highest BCUT2D eigenvalue weighted by molar-refractivity contribution is 6.32. The minimum absolute atomic E-state index is 0.265. The van der Waals surface area contributed by atoms with Crippen molar-refractivity contribution in [3.8, 4) is 11.8 Å². The first-order valence-electron chi connectivity index (χ1n) is 4.20. The van der Waals surface area contributed by atoms with Crippen molar-refractivity contribution in [2.45, 2.75) is 12.2 Å². The fraction of sp³-hybridized carbons (Fsp3) is 0.300. The van der Waals surface area contributed by atoms with Gasteiger partial charge < -0.3 is 14.9 Å². The van der Waals surface area contributed by atoms with E-state index in [1.54, 1.807) is 18.2 Å². The van der Waals surface area contributed by atoms with Gasteiger partial charge in [-0.25, -0.2) is 0 Å². The average molecular weight is 228 g/mol. The van der Waals surface area contributed by atoms with Crippen LogP contribution in [0.25, 0.3) is 0 Å². The molecule has 0 aliphatic heterocycles. The molecule has 0 aliphatic rings. The lowest BCUT2D eigenvalue weighted by molar-refractivity contribution is 0.0511. The predicted octanol–water partition coefficient (Wildman–Crippen LogP) is 1.27. The maximum atomic E-state index is 9.61. The predicted molar refractivity (Wildman–Crippen MR) is 54.6 cm³/mol. The van der Waals surface area contributed by atoms with Crippen molar-refractivity contribution in [1.82, 2.24) is 0 Å². The monoisotopic (exact) mass is 227 g/mol. The van der Waals surface area contributed by atoms with Gasteiger partial charge in [0.1, 0.15) is 11.9 Å². The molecule has 0 aromatic heterocycles. The summed E-state index contributed by atoms with van der Waals surface area (Å²) >= 11 is 5.82. The number of halogens is 1. The third-order valence-electron chi connectivity index (χ3n) is 1.95. The second kappa shape index (κ2) is 4.99. The summed E-state index contributed by atoms with van der Waals surface area (Å²) in [4.78, 5) is 0. The quantitative estimate of drug-likeness (QED) is 0.763. The van der Waals surface area contributed by atoms with Crippen LogP contribution in [0.3, 0.4) is 0 Å². The zero-order valence-electron chi connectivity index (χ0n) is 8.01. The van der Waals surface area contributed by atoms with Crippen molar-refractivity contribution in [2.75, 3.05) is 7.11 Å². The van der Waals surface area contributed by atoms with Gasteiger partial charge in [0.2, 0.25) is 0 Å². The van der Waals surface area contributed by atoms with Gasteiger partial charge in [0, 0.05) is 5.56 Å². The number of nitriles is 1. The topological polar surface area (TPSA) is 73.5 Å². The summed E-state index contributed by atoms with van der Waals surface area (Å²) in [5, 5.41) is 27.6. The van der Waals surface area contributed by atoms with Crippen LogP contribution in [0.4, 0.5) is 0 Å². The van der Waals surface area contributed by atoms with Crippen LogP contribution in [0.15, 0.2) is 18.2 Å². The Morgan fingerprint density at radius 1 is 1.47 bits per heavy atom. The van der Waals surface area contributed by atoms with Gasteiger partial charge in [-0.05, 0) is 6.07 Å². The van der Waals surface area contributed by atoms with Crippen LogP contribution in [0.1, 0.15) is 11.7 Å². The van der Waals surface area contributed by atoms with Gasteiger partial charge in [-0.3, -0.25) is 0 Å². The molecule has 2 atom stereocenters. The fourth-order valence-corrected chi connectivity index (χ4v) is 1.47. The first kappa shape index (κ1) is 11.8. The van der Waals surface area contributed by atoms with Gasteiger partial charge in [0.05, 0.1) is 18.2 Å². The number of aliphatic hydroxyl groups is 2. The van der Waals surface area contributed by atoms with Crippen LogP contribution in [-0.4, -0.2) is 23.4 Å². The maximum absolute atomic E-state index is 9.61. The van der Waals surface area contributed by atoms with Crippen LogP contribution in [0, 0.1) is 11.3 Å². The summed E-state index contributed by atoms with van der Waals surface area (Å²) in [5.74, 6) is 0.265. The molecule has 2 unspecified atom stereocenters. The standard InChI is InChI=1S/C10H10ClNO3/c1-15-10-6(3-2-4-7(10)11)9(14)8(13)5-12/h2-4,8-9,13-14H,1H3. The zero-order chi connectivity index (χ0) is 11.4. The van der Waals surface area contributed by atoms with Crippen LogP contribution in [0.2, 0.25) is 5.02 Å². The van der Waals surface area contributed by atoms with E-state index in [0.717, 1.165) is 0 Å². The SMILES string of the molecule is COc1c(Cl)cccc1C(O)C(O)C#N. The van der Waals surface area contributed by atoms with E-state index in [2.05, 4.69) is 0 Å². The van der Waals surface area contributed by atoms with E-state index in [1.165, 1.54) is 13.2 Å². The average Bonchev–Trinajstić information content (AvgIpc) is 2.26. The molecule has 1 rings (SSSR count). The summed E-state index contributed by atoms with van der Waals surface area (Å²) < 4.78 is 4.98. The molecule has 0 radical (unpaired) electrons. The Labute approximate surface area is 92.3 Å². The Morgan fingerprint density at radius 2 is 2.13 bits per heavy atom. The number of benzene rings is 1. The fourth-order valence-electron chi connectivity index (χ4n) is 1.21. The van der Waals surface area contributed by atoms with Gasteiger partial charge >= 0.3 is 0 Å². The molecular weight excluding hydrogens is 218 g/mol. The molecule has 0 spiro atoms. The Morgan fingerprint density at radius 3 is 2.67 bits per heavy atom. The van der Waals surface area contributed by atoms with Gasteiger partial charge in [-0.1, -0.05) is 23.7 Å². The zero-order valence-corrected chi connectivity index (χ0v) is 8.77. The van der Waals surface area contributed by atoms with Crippen LogP contribution in [-0.2, 0) is 0 Å². The molecule has 80 valence electrons. The van der Waals surface area contributed by atoms with Gasteiger partial charge in [0.25, 0.3) is 0 Å². The van der Waals surface area contributed by atoms with Gasteiger partial charge in [-0.2, -0.15) is 5.26 Å². The molecule has 15 heavy (non-hydrogen) atoms. The van der Waals surface area contributed by atoms with E-state index in [9.17, 15) is 10.2 Å². The molecule has 1 aromatic carbocycles. The van der Waals surface area contributed by atoms with Crippen molar-refractivity contribution in [3.63, 3.8) is 0 Å². The molecule has 0 amide bonds. The Kier molecular flexibility index (Phi) is 3.92. The van der Waals surface area contributed by atoms with Crippen molar-refractivity contribution in [2.24, 2.45) is 0 Å². The Bertz CT molecular complexity index is 389.